The zero-order chi connectivity index (χ0) is 27.7. The third-order valence-electron chi connectivity index (χ3n) is 6.34. The third kappa shape index (κ3) is 6.49. The maximum absolute atomic E-state index is 13.1. The first-order valence-electron chi connectivity index (χ1n) is 12.9. The van der Waals surface area contributed by atoms with E-state index in [1.165, 1.54) is 0 Å². The van der Waals surface area contributed by atoms with Crippen molar-refractivity contribution >= 4 is 29.1 Å². The summed E-state index contributed by atoms with van der Waals surface area (Å²) in [5.74, 6) is -0.698. The van der Waals surface area contributed by atoms with Crippen molar-refractivity contribution in [1.29, 1.82) is 0 Å². The predicted molar refractivity (Wildman–Crippen MR) is 158 cm³/mol. The van der Waals surface area contributed by atoms with E-state index < -0.39 is 0 Å². The fourth-order valence-electron chi connectivity index (χ4n) is 4.27. The fraction of sp³-hybridized carbons (Fsp3) is 0.0294. The second kappa shape index (κ2) is 12.4. The molecule has 0 bridgehead atoms. The van der Waals surface area contributed by atoms with Crippen LogP contribution in [0.3, 0.4) is 0 Å². The Labute approximate surface area is 232 Å². The number of hydrogen-bond acceptors (Lipinski definition) is 3. The minimum Gasteiger partial charge on any atom is -0.348 e. The van der Waals surface area contributed by atoms with Crippen LogP contribution in [0.2, 0.25) is 0 Å². The molecule has 3 N–H and O–H groups in total. The quantitative estimate of drug-likeness (QED) is 0.208. The fourth-order valence-corrected chi connectivity index (χ4v) is 4.27. The van der Waals surface area contributed by atoms with Crippen molar-refractivity contribution in [3.8, 4) is 11.1 Å². The summed E-state index contributed by atoms with van der Waals surface area (Å²) in [5.41, 5.74) is 5.42. The van der Waals surface area contributed by atoms with E-state index >= 15 is 0 Å². The van der Waals surface area contributed by atoms with Crippen molar-refractivity contribution in [3.05, 3.63) is 156 Å². The first kappa shape index (κ1) is 26.1. The second-order valence-corrected chi connectivity index (χ2v) is 9.15. The van der Waals surface area contributed by atoms with Gasteiger partial charge in [-0.25, -0.2) is 0 Å². The highest BCUT2D eigenvalue weighted by Gasteiger charge is 2.14. The molecule has 0 saturated heterocycles. The number of hydrogen-bond donors (Lipinski definition) is 3. The molecule has 0 aliphatic rings. The van der Waals surface area contributed by atoms with Crippen molar-refractivity contribution in [2.24, 2.45) is 0 Å². The molecule has 0 spiro atoms. The number of benzene rings is 5. The Hall–Kier alpha value is -5.49. The van der Waals surface area contributed by atoms with E-state index in [4.69, 9.17) is 0 Å². The average molecular weight is 526 g/mol. The molecule has 196 valence electrons. The second-order valence-electron chi connectivity index (χ2n) is 9.15. The number of carbonyl (C=O) groups excluding carboxylic acids is 3. The van der Waals surface area contributed by atoms with Crippen LogP contribution in [-0.2, 0) is 6.54 Å². The zero-order valence-electron chi connectivity index (χ0n) is 21.6. The summed E-state index contributed by atoms with van der Waals surface area (Å²) in [7, 11) is 0. The Morgan fingerprint density at radius 3 is 1.88 bits per heavy atom. The van der Waals surface area contributed by atoms with Gasteiger partial charge in [-0.3, -0.25) is 14.4 Å². The highest BCUT2D eigenvalue weighted by Crippen LogP contribution is 2.24. The number of rotatable bonds is 8. The highest BCUT2D eigenvalue weighted by atomic mass is 16.2. The van der Waals surface area contributed by atoms with Crippen LogP contribution in [0.15, 0.2) is 133 Å². The summed E-state index contributed by atoms with van der Waals surface area (Å²) in [6.45, 7) is 0.312. The van der Waals surface area contributed by atoms with E-state index in [0.717, 1.165) is 16.7 Å². The van der Waals surface area contributed by atoms with E-state index in [1.54, 1.807) is 54.6 Å². The van der Waals surface area contributed by atoms with Gasteiger partial charge in [0.15, 0.2) is 0 Å². The maximum Gasteiger partial charge on any atom is 0.256 e. The summed E-state index contributed by atoms with van der Waals surface area (Å²) < 4.78 is 0. The molecule has 0 aliphatic carbocycles. The lowest BCUT2D eigenvalue weighted by atomic mass is 9.99. The van der Waals surface area contributed by atoms with E-state index in [2.05, 4.69) is 16.0 Å². The molecule has 40 heavy (non-hydrogen) atoms. The van der Waals surface area contributed by atoms with Gasteiger partial charge in [-0.05, 0) is 65.2 Å². The minimum atomic E-state index is -0.262. The van der Waals surface area contributed by atoms with E-state index in [1.807, 2.05) is 78.9 Å². The van der Waals surface area contributed by atoms with Crippen LogP contribution in [0.25, 0.3) is 11.1 Å². The lowest BCUT2D eigenvalue weighted by Crippen LogP contribution is -2.23. The third-order valence-corrected chi connectivity index (χ3v) is 6.34. The molecule has 5 aromatic rings. The van der Waals surface area contributed by atoms with Crippen LogP contribution in [0.5, 0.6) is 0 Å². The van der Waals surface area contributed by atoms with Crippen molar-refractivity contribution < 1.29 is 14.4 Å². The Morgan fingerprint density at radius 1 is 0.500 bits per heavy atom. The van der Waals surface area contributed by atoms with Gasteiger partial charge in [0.05, 0.1) is 0 Å². The lowest BCUT2D eigenvalue weighted by Gasteiger charge is -2.12. The minimum absolute atomic E-state index is 0.183. The molecule has 0 aliphatic heterocycles. The summed E-state index contributed by atoms with van der Waals surface area (Å²) in [6, 6.07) is 40.3. The summed E-state index contributed by atoms with van der Waals surface area (Å²) in [5, 5.41) is 8.68. The van der Waals surface area contributed by atoms with Crippen LogP contribution in [-0.4, -0.2) is 17.7 Å². The summed E-state index contributed by atoms with van der Waals surface area (Å²) in [4.78, 5) is 38.3. The number of amides is 3. The van der Waals surface area contributed by atoms with E-state index in [-0.39, 0.29) is 17.7 Å². The Kier molecular flexibility index (Phi) is 8.08. The van der Waals surface area contributed by atoms with Gasteiger partial charge in [0.1, 0.15) is 0 Å². The molecule has 0 atom stereocenters. The highest BCUT2D eigenvalue weighted by molar-refractivity contribution is 6.09. The SMILES string of the molecule is O=C(NCc1ccc(NC(=O)c2ccccc2)cc1)c1cccc(NC(=O)c2ccccc2-c2ccccc2)c1. The zero-order valence-corrected chi connectivity index (χ0v) is 21.6. The van der Waals surface area contributed by atoms with E-state index in [0.29, 0.717) is 34.6 Å². The first-order chi connectivity index (χ1) is 19.6. The molecule has 0 radical (unpaired) electrons. The first-order valence-corrected chi connectivity index (χ1v) is 12.9. The Morgan fingerprint density at radius 2 is 1.12 bits per heavy atom. The molecule has 0 aromatic heterocycles. The van der Waals surface area contributed by atoms with Gasteiger partial charge < -0.3 is 16.0 Å². The number of anilines is 2. The van der Waals surface area contributed by atoms with Crippen molar-refractivity contribution in [2.75, 3.05) is 10.6 Å². The molecular weight excluding hydrogens is 498 g/mol. The van der Waals surface area contributed by atoms with Crippen molar-refractivity contribution in [1.82, 2.24) is 5.32 Å². The topological polar surface area (TPSA) is 87.3 Å². The van der Waals surface area contributed by atoms with Crippen LogP contribution < -0.4 is 16.0 Å². The lowest BCUT2D eigenvalue weighted by molar-refractivity contribution is 0.0949. The predicted octanol–water partition coefficient (Wildman–Crippen LogP) is 6.79. The van der Waals surface area contributed by atoms with Gasteiger partial charge in [0, 0.05) is 34.6 Å². The van der Waals surface area contributed by atoms with Crippen LogP contribution in [0.1, 0.15) is 36.6 Å². The largest absolute Gasteiger partial charge is 0.348 e. The summed E-state index contributed by atoms with van der Waals surface area (Å²) >= 11 is 0. The molecule has 3 amide bonds. The monoisotopic (exact) mass is 525 g/mol. The van der Waals surface area contributed by atoms with Gasteiger partial charge in [-0.15, -0.1) is 0 Å². The number of carbonyl (C=O) groups is 3. The van der Waals surface area contributed by atoms with Crippen LogP contribution in [0, 0.1) is 0 Å². The Balaban J connectivity index is 1.19. The van der Waals surface area contributed by atoms with Crippen molar-refractivity contribution in [3.63, 3.8) is 0 Å². The van der Waals surface area contributed by atoms with Gasteiger partial charge >= 0.3 is 0 Å². The van der Waals surface area contributed by atoms with Crippen molar-refractivity contribution in [2.45, 2.75) is 6.54 Å². The van der Waals surface area contributed by atoms with Crippen LogP contribution >= 0.6 is 0 Å². The normalized spacial score (nSPS) is 10.4. The van der Waals surface area contributed by atoms with Gasteiger partial charge in [0.2, 0.25) is 0 Å². The Bertz CT molecular complexity index is 1630. The maximum atomic E-state index is 13.1. The molecule has 0 unspecified atom stereocenters. The molecule has 0 fully saturated rings. The molecule has 6 nitrogen and oxygen atoms in total. The van der Waals surface area contributed by atoms with Gasteiger partial charge in [0.25, 0.3) is 17.7 Å². The molecule has 5 aromatic carbocycles. The summed E-state index contributed by atoms with van der Waals surface area (Å²) in [6.07, 6.45) is 0. The van der Waals surface area contributed by atoms with E-state index in [9.17, 15) is 14.4 Å². The molecule has 5 rings (SSSR count). The molecular formula is C34H27N3O3. The molecule has 6 heteroatoms. The van der Waals surface area contributed by atoms with Crippen LogP contribution in [0.4, 0.5) is 11.4 Å². The molecule has 0 heterocycles. The van der Waals surface area contributed by atoms with Gasteiger partial charge in [-0.1, -0.05) is 84.9 Å². The van der Waals surface area contributed by atoms with Gasteiger partial charge in [-0.2, -0.15) is 0 Å². The number of nitrogens with one attached hydrogen (secondary N) is 3. The average Bonchev–Trinajstić information content (AvgIpc) is 3.01. The molecule has 0 saturated carbocycles. The standard InChI is InChI=1S/C34H27N3O3/c38-32(35-23-24-18-20-28(21-19-24)36-33(39)26-12-5-2-6-13-26)27-14-9-15-29(22-27)37-34(40)31-17-8-7-16-30(31)25-10-3-1-4-11-25/h1-22H,23H2,(H,35,38)(H,36,39)(H,37,40). The smallest absolute Gasteiger partial charge is 0.256 e.